The minimum absolute atomic E-state index is 0.118. The van der Waals surface area contributed by atoms with Gasteiger partial charge in [-0.15, -0.1) is 0 Å². The SMILES string of the molecule is CCOc1cc(C2c3c(oc4ccccc4c3=O)C(=O)N2CCCN2CCOCC2)ccc1OCc1ccccc1. The molecule has 1 aromatic heterocycles. The van der Waals surface area contributed by atoms with Crippen molar-refractivity contribution in [1.29, 1.82) is 0 Å². The monoisotopic (exact) mass is 554 g/mol. The molecule has 3 aromatic carbocycles. The molecule has 41 heavy (non-hydrogen) atoms. The molecule has 0 saturated carbocycles. The summed E-state index contributed by atoms with van der Waals surface area (Å²) in [4.78, 5) is 31.7. The zero-order valence-electron chi connectivity index (χ0n) is 23.2. The molecule has 0 spiro atoms. The molecule has 6 rings (SSSR count). The van der Waals surface area contributed by atoms with Crippen LogP contribution in [0.4, 0.5) is 0 Å². The van der Waals surface area contributed by atoms with E-state index in [0.29, 0.717) is 47.8 Å². The molecule has 0 bridgehead atoms. The summed E-state index contributed by atoms with van der Waals surface area (Å²) in [5.41, 5.74) is 2.43. The van der Waals surface area contributed by atoms with Gasteiger partial charge in [0.1, 0.15) is 12.2 Å². The molecule has 8 nitrogen and oxygen atoms in total. The number of rotatable bonds is 10. The number of ether oxygens (including phenoxy) is 3. The average molecular weight is 555 g/mol. The summed E-state index contributed by atoms with van der Waals surface area (Å²) in [5, 5.41) is 0.465. The van der Waals surface area contributed by atoms with Gasteiger partial charge in [0.25, 0.3) is 5.91 Å². The van der Waals surface area contributed by atoms with Gasteiger partial charge < -0.3 is 23.5 Å². The van der Waals surface area contributed by atoms with Crippen molar-refractivity contribution in [2.45, 2.75) is 26.0 Å². The van der Waals surface area contributed by atoms with Gasteiger partial charge in [0.2, 0.25) is 5.76 Å². The Hall–Kier alpha value is -4.14. The highest BCUT2D eigenvalue weighted by Gasteiger charge is 2.42. The second-order valence-corrected chi connectivity index (χ2v) is 10.3. The summed E-state index contributed by atoms with van der Waals surface area (Å²) in [6.07, 6.45) is 0.764. The number of nitrogens with zero attached hydrogens (tertiary/aromatic N) is 2. The summed E-state index contributed by atoms with van der Waals surface area (Å²) in [5.74, 6) is 1.03. The molecule has 2 aliphatic rings. The Bertz CT molecular complexity index is 1580. The maximum atomic E-state index is 13.8. The van der Waals surface area contributed by atoms with E-state index in [4.69, 9.17) is 18.6 Å². The summed E-state index contributed by atoms with van der Waals surface area (Å²) >= 11 is 0. The fourth-order valence-electron chi connectivity index (χ4n) is 5.65. The van der Waals surface area contributed by atoms with E-state index in [1.165, 1.54) is 0 Å². The first-order valence-corrected chi connectivity index (χ1v) is 14.2. The van der Waals surface area contributed by atoms with Gasteiger partial charge in [-0.25, -0.2) is 0 Å². The van der Waals surface area contributed by atoms with Crippen LogP contribution in [0.5, 0.6) is 11.5 Å². The van der Waals surface area contributed by atoms with Gasteiger partial charge in [-0.2, -0.15) is 0 Å². The largest absolute Gasteiger partial charge is 0.490 e. The maximum Gasteiger partial charge on any atom is 0.290 e. The number of morpholine rings is 1. The van der Waals surface area contributed by atoms with Crippen LogP contribution in [0.15, 0.2) is 82.0 Å². The number of para-hydroxylation sites is 1. The van der Waals surface area contributed by atoms with E-state index in [9.17, 15) is 9.59 Å². The number of fused-ring (bicyclic) bond motifs is 2. The van der Waals surface area contributed by atoms with Crippen molar-refractivity contribution in [3.8, 4) is 11.5 Å². The number of carbonyl (C=O) groups excluding carboxylic acids is 1. The molecule has 1 unspecified atom stereocenters. The quantitative estimate of drug-likeness (QED) is 0.272. The van der Waals surface area contributed by atoms with Crippen LogP contribution in [0.2, 0.25) is 0 Å². The van der Waals surface area contributed by atoms with E-state index < -0.39 is 6.04 Å². The highest BCUT2D eigenvalue weighted by Crippen LogP contribution is 2.41. The third-order valence-electron chi connectivity index (χ3n) is 7.67. The fourth-order valence-corrected chi connectivity index (χ4v) is 5.65. The topological polar surface area (TPSA) is 81.5 Å². The molecule has 212 valence electrons. The molecule has 1 amide bonds. The molecular weight excluding hydrogens is 520 g/mol. The second kappa shape index (κ2) is 12.2. The van der Waals surface area contributed by atoms with Crippen molar-refractivity contribution < 1.29 is 23.4 Å². The van der Waals surface area contributed by atoms with Gasteiger partial charge in [-0.1, -0.05) is 48.5 Å². The van der Waals surface area contributed by atoms with Crippen LogP contribution in [-0.2, 0) is 11.3 Å². The molecule has 8 heteroatoms. The molecule has 1 saturated heterocycles. The second-order valence-electron chi connectivity index (χ2n) is 10.3. The van der Waals surface area contributed by atoms with Crippen molar-refractivity contribution in [3.63, 3.8) is 0 Å². The Morgan fingerprint density at radius 1 is 0.878 bits per heavy atom. The van der Waals surface area contributed by atoms with E-state index in [1.807, 2.05) is 61.5 Å². The van der Waals surface area contributed by atoms with Gasteiger partial charge in [0, 0.05) is 26.2 Å². The highest BCUT2D eigenvalue weighted by atomic mass is 16.5. The van der Waals surface area contributed by atoms with E-state index in [-0.39, 0.29) is 17.1 Å². The van der Waals surface area contributed by atoms with Gasteiger partial charge in [0.05, 0.1) is 36.8 Å². The lowest BCUT2D eigenvalue weighted by molar-refractivity contribution is 0.0353. The number of hydrogen-bond donors (Lipinski definition) is 0. The third kappa shape index (κ3) is 5.58. The minimum atomic E-state index is -0.592. The first-order chi connectivity index (χ1) is 20.1. The van der Waals surface area contributed by atoms with Crippen molar-refractivity contribution in [1.82, 2.24) is 9.80 Å². The first-order valence-electron chi connectivity index (χ1n) is 14.2. The smallest absolute Gasteiger partial charge is 0.290 e. The average Bonchev–Trinajstić information content (AvgIpc) is 3.29. The zero-order valence-corrected chi connectivity index (χ0v) is 23.2. The molecule has 0 aliphatic carbocycles. The van der Waals surface area contributed by atoms with Crippen molar-refractivity contribution >= 4 is 16.9 Å². The van der Waals surface area contributed by atoms with Crippen LogP contribution in [0.25, 0.3) is 11.0 Å². The first kappa shape index (κ1) is 27.1. The van der Waals surface area contributed by atoms with Crippen LogP contribution in [0, 0.1) is 0 Å². The van der Waals surface area contributed by atoms with Gasteiger partial charge in [0.15, 0.2) is 16.9 Å². The van der Waals surface area contributed by atoms with Crippen LogP contribution in [-0.4, -0.2) is 61.7 Å². The standard InChI is InChI=1S/C33H34N2O6/c1-2-39-28-21-24(13-14-27(28)40-22-23-9-4-3-5-10-23)30-29-31(36)25-11-6-7-12-26(25)41-32(29)33(37)35(30)16-8-15-34-17-19-38-20-18-34/h3-7,9-14,21,30H,2,8,15-20,22H2,1H3. The van der Waals surface area contributed by atoms with Gasteiger partial charge in [-0.3, -0.25) is 14.5 Å². The van der Waals surface area contributed by atoms with E-state index in [2.05, 4.69) is 4.90 Å². The Labute approximate surface area is 239 Å². The molecular formula is C33H34N2O6. The number of carbonyl (C=O) groups is 1. The Morgan fingerprint density at radius 2 is 1.66 bits per heavy atom. The summed E-state index contributed by atoms with van der Waals surface area (Å²) in [6.45, 7) is 7.29. The van der Waals surface area contributed by atoms with Crippen molar-refractivity contribution in [2.75, 3.05) is 46.0 Å². The summed E-state index contributed by atoms with van der Waals surface area (Å²) in [7, 11) is 0. The van der Waals surface area contributed by atoms with E-state index in [0.717, 1.165) is 50.4 Å². The summed E-state index contributed by atoms with van der Waals surface area (Å²) in [6, 6.07) is 22.1. The van der Waals surface area contributed by atoms with Gasteiger partial charge >= 0.3 is 0 Å². The minimum Gasteiger partial charge on any atom is -0.490 e. The van der Waals surface area contributed by atoms with Crippen LogP contribution < -0.4 is 14.9 Å². The fraction of sp³-hybridized carbons (Fsp3) is 0.333. The Kier molecular flexibility index (Phi) is 8.02. The lowest BCUT2D eigenvalue weighted by atomic mass is 9.98. The van der Waals surface area contributed by atoms with E-state index in [1.54, 1.807) is 23.1 Å². The molecule has 0 radical (unpaired) electrons. The van der Waals surface area contributed by atoms with Crippen LogP contribution in [0.1, 0.15) is 46.6 Å². The number of hydrogen-bond acceptors (Lipinski definition) is 7. The number of benzene rings is 3. The normalized spacial score (nSPS) is 17.1. The maximum absolute atomic E-state index is 13.8. The lowest BCUT2D eigenvalue weighted by Crippen LogP contribution is -2.38. The zero-order chi connectivity index (χ0) is 28.2. The lowest BCUT2D eigenvalue weighted by Gasteiger charge is -2.29. The van der Waals surface area contributed by atoms with Gasteiger partial charge in [-0.05, 0) is 48.7 Å². The van der Waals surface area contributed by atoms with Crippen molar-refractivity contribution in [3.05, 3.63) is 105 Å². The molecule has 1 fully saturated rings. The van der Waals surface area contributed by atoms with Crippen LogP contribution >= 0.6 is 0 Å². The predicted molar refractivity (Wildman–Crippen MR) is 156 cm³/mol. The Morgan fingerprint density at radius 3 is 2.46 bits per heavy atom. The van der Waals surface area contributed by atoms with E-state index >= 15 is 0 Å². The summed E-state index contributed by atoms with van der Waals surface area (Å²) < 4.78 is 23.7. The molecule has 3 heterocycles. The molecule has 1 atom stereocenters. The van der Waals surface area contributed by atoms with Crippen LogP contribution in [0.3, 0.4) is 0 Å². The molecule has 2 aliphatic heterocycles. The predicted octanol–water partition coefficient (Wildman–Crippen LogP) is 5.04. The third-order valence-corrected chi connectivity index (χ3v) is 7.67. The highest BCUT2D eigenvalue weighted by molar-refractivity contribution is 5.99. The van der Waals surface area contributed by atoms with Crippen molar-refractivity contribution in [2.24, 2.45) is 0 Å². The molecule has 4 aromatic rings. The Balaban J connectivity index is 1.35. The number of amides is 1. The molecule has 0 N–H and O–H groups in total.